The first kappa shape index (κ1) is 18.3. The van der Waals surface area contributed by atoms with Gasteiger partial charge in [0.1, 0.15) is 23.1 Å². The summed E-state index contributed by atoms with van der Waals surface area (Å²) in [6, 6.07) is 7.08. The largest absolute Gasteiger partial charge is 0.508 e. The Balaban J connectivity index is 1.83. The fourth-order valence-electron chi connectivity index (χ4n) is 3.36. The first-order valence-electron chi connectivity index (χ1n) is 9.40. The summed E-state index contributed by atoms with van der Waals surface area (Å²) in [7, 11) is 0. The molecule has 0 atom stereocenters. The lowest BCUT2D eigenvalue weighted by atomic mass is 9.85. The van der Waals surface area contributed by atoms with Crippen LogP contribution in [0.2, 0.25) is 0 Å². The Bertz CT molecular complexity index is 1150. The average Bonchev–Trinajstić information content (AvgIpc) is 3.15. The van der Waals surface area contributed by atoms with E-state index in [0.717, 1.165) is 27.9 Å². The number of fused-ring (bicyclic) bond motifs is 2. The van der Waals surface area contributed by atoms with Gasteiger partial charge in [-0.3, -0.25) is 0 Å². The molecule has 4 rings (SSSR count). The lowest BCUT2D eigenvalue weighted by Crippen LogP contribution is -2.12. The Morgan fingerprint density at radius 1 is 0.714 bits per heavy atom. The number of hydrogen-bond donors (Lipinski definition) is 4. The van der Waals surface area contributed by atoms with Gasteiger partial charge in [0, 0.05) is 11.0 Å². The van der Waals surface area contributed by atoms with Crippen LogP contribution in [0.5, 0.6) is 11.5 Å². The summed E-state index contributed by atoms with van der Waals surface area (Å²) in [5.74, 6) is 1.66. The van der Waals surface area contributed by atoms with Gasteiger partial charge in [0.25, 0.3) is 0 Å². The number of aromatic hydroxyl groups is 2. The van der Waals surface area contributed by atoms with Gasteiger partial charge >= 0.3 is 0 Å². The zero-order valence-electron chi connectivity index (χ0n) is 17.1. The van der Waals surface area contributed by atoms with E-state index in [0.29, 0.717) is 17.0 Å². The van der Waals surface area contributed by atoms with Gasteiger partial charge in [-0.25, -0.2) is 9.97 Å². The van der Waals surface area contributed by atoms with Crippen molar-refractivity contribution in [2.75, 3.05) is 0 Å². The highest BCUT2D eigenvalue weighted by Gasteiger charge is 2.22. The topological polar surface area (TPSA) is 97.8 Å². The van der Waals surface area contributed by atoms with E-state index in [2.05, 4.69) is 40.7 Å². The first-order valence-corrected chi connectivity index (χ1v) is 9.40. The van der Waals surface area contributed by atoms with Gasteiger partial charge in [-0.05, 0) is 29.7 Å². The van der Waals surface area contributed by atoms with Gasteiger partial charge < -0.3 is 20.2 Å². The summed E-state index contributed by atoms with van der Waals surface area (Å²) in [6.45, 7) is 12.3. The number of hydrogen-bond acceptors (Lipinski definition) is 4. The highest BCUT2D eigenvalue weighted by Crippen LogP contribution is 2.39. The summed E-state index contributed by atoms with van der Waals surface area (Å²) in [6.07, 6.45) is 0. The van der Waals surface area contributed by atoms with E-state index in [-0.39, 0.29) is 22.3 Å². The molecule has 6 nitrogen and oxygen atoms in total. The molecule has 0 fully saturated rings. The van der Waals surface area contributed by atoms with Crippen molar-refractivity contribution >= 4 is 22.1 Å². The van der Waals surface area contributed by atoms with Crippen LogP contribution in [-0.2, 0) is 10.8 Å². The lowest BCUT2D eigenvalue weighted by Gasteiger charge is -2.21. The number of rotatable bonds is 1. The predicted octanol–water partition coefficient (Wildman–Crippen LogP) is 5.11. The highest BCUT2D eigenvalue weighted by atomic mass is 16.3. The Morgan fingerprint density at radius 2 is 1.36 bits per heavy atom. The molecule has 4 aromatic rings. The normalized spacial score (nSPS) is 12.9. The Kier molecular flexibility index (Phi) is 3.76. The molecule has 0 amide bonds. The molecule has 2 heterocycles. The van der Waals surface area contributed by atoms with Crippen LogP contribution in [0.15, 0.2) is 24.3 Å². The predicted molar refractivity (Wildman–Crippen MR) is 112 cm³/mol. The minimum atomic E-state index is -0.275. The van der Waals surface area contributed by atoms with E-state index in [1.165, 1.54) is 0 Å². The standard InChI is InChI=1S/C22H26N4O2/c1-21(2,3)12-8-17(27)11(7-18(12)28)19-23-13-9-15-16(10-14(13)24-19)26-20(25-15)22(4,5)6/h7-10,27-28H,1-6H3,(H,23,24)(H,25,26). The summed E-state index contributed by atoms with van der Waals surface area (Å²) >= 11 is 0. The molecule has 0 aliphatic rings. The third-order valence-electron chi connectivity index (χ3n) is 4.97. The third kappa shape index (κ3) is 2.99. The Hall–Kier alpha value is -3.02. The molecular formula is C22H26N4O2. The maximum atomic E-state index is 10.5. The third-order valence-corrected chi connectivity index (χ3v) is 4.97. The van der Waals surface area contributed by atoms with Crippen molar-refractivity contribution in [2.24, 2.45) is 0 Å². The molecule has 0 saturated heterocycles. The molecule has 0 aliphatic heterocycles. The van der Waals surface area contributed by atoms with Crippen LogP contribution in [-0.4, -0.2) is 30.1 Å². The zero-order valence-corrected chi connectivity index (χ0v) is 17.1. The molecule has 0 unspecified atom stereocenters. The number of nitrogens with one attached hydrogen (secondary N) is 2. The van der Waals surface area contributed by atoms with E-state index >= 15 is 0 Å². The Morgan fingerprint density at radius 3 is 2.00 bits per heavy atom. The highest BCUT2D eigenvalue weighted by molar-refractivity contribution is 5.93. The van der Waals surface area contributed by atoms with Crippen molar-refractivity contribution in [2.45, 2.75) is 52.4 Å². The quantitative estimate of drug-likeness (QED) is 0.346. The van der Waals surface area contributed by atoms with Gasteiger partial charge in [-0.1, -0.05) is 41.5 Å². The Labute approximate surface area is 163 Å². The van der Waals surface area contributed by atoms with Gasteiger partial charge in [0.15, 0.2) is 0 Å². The monoisotopic (exact) mass is 378 g/mol. The van der Waals surface area contributed by atoms with Crippen molar-refractivity contribution in [1.29, 1.82) is 0 Å². The SMILES string of the molecule is CC(C)(C)c1nc2cc3nc(-c4cc(O)c(C(C)(C)C)cc4O)[nH]c3cc2[nH]1. The second-order valence-corrected chi connectivity index (χ2v) is 9.44. The maximum absolute atomic E-state index is 10.5. The van der Waals surface area contributed by atoms with E-state index in [1.807, 2.05) is 32.9 Å². The first-order chi connectivity index (χ1) is 12.9. The van der Waals surface area contributed by atoms with Gasteiger partial charge in [0.05, 0.1) is 27.6 Å². The molecule has 28 heavy (non-hydrogen) atoms. The molecule has 6 heteroatoms. The summed E-state index contributed by atoms with van der Waals surface area (Å²) in [5, 5.41) is 21.0. The fraction of sp³-hybridized carbons (Fsp3) is 0.364. The molecule has 4 N–H and O–H groups in total. The van der Waals surface area contributed by atoms with Crippen LogP contribution in [0, 0.1) is 0 Å². The van der Waals surface area contributed by atoms with Gasteiger partial charge in [0.2, 0.25) is 0 Å². The fourth-order valence-corrected chi connectivity index (χ4v) is 3.36. The molecular weight excluding hydrogens is 352 g/mol. The minimum absolute atomic E-state index is 0.0660. The molecule has 146 valence electrons. The summed E-state index contributed by atoms with van der Waals surface area (Å²) in [5.41, 5.74) is 4.20. The smallest absolute Gasteiger partial charge is 0.142 e. The van der Waals surface area contributed by atoms with Crippen LogP contribution < -0.4 is 0 Å². The number of aromatic nitrogens is 4. The summed E-state index contributed by atoms with van der Waals surface area (Å²) in [4.78, 5) is 15.9. The molecule has 0 saturated carbocycles. The molecule has 0 bridgehead atoms. The molecule has 0 spiro atoms. The van der Waals surface area contributed by atoms with E-state index < -0.39 is 0 Å². The van der Waals surface area contributed by atoms with Crippen LogP contribution in [0.25, 0.3) is 33.5 Å². The number of aromatic amines is 2. The van der Waals surface area contributed by atoms with Crippen LogP contribution in [0.4, 0.5) is 0 Å². The van der Waals surface area contributed by atoms with Crippen molar-refractivity contribution in [3.8, 4) is 22.9 Å². The molecule has 0 radical (unpaired) electrons. The number of H-pyrrole nitrogens is 2. The van der Waals surface area contributed by atoms with Gasteiger partial charge in [-0.15, -0.1) is 0 Å². The number of phenolic OH excluding ortho intramolecular Hbond substituents is 2. The van der Waals surface area contributed by atoms with Crippen molar-refractivity contribution in [1.82, 2.24) is 19.9 Å². The van der Waals surface area contributed by atoms with E-state index in [9.17, 15) is 10.2 Å². The molecule has 0 aliphatic carbocycles. The van der Waals surface area contributed by atoms with Crippen molar-refractivity contribution in [3.63, 3.8) is 0 Å². The maximum Gasteiger partial charge on any atom is 0.142 e. The minimum Gasteiger partial charge on any atom is -0.508 e. The summed E-state index contributed by atoms with van der Waals surface area (Å²) < 4.78 is 0. The molecule has 2 aromatic heterocycles. The van der Waals surface area contributed by atoms with Crippen molar-refractivity contribution < 1.29 is 10.2 Å². The van der Waals surface area contributed by atoms with Crippen LogP contribution in [0.3, 0.4) is 0 Å². The molecule has 2 aromatic carbocycles. The van der Waals surface area contributed by atoms with Crippen molar-refractivity contribution in [3.05, 3.63) is 35.7 Å². The van der Waals surface area contributed by atoms with Crippen LogP contribution in [0.1, 0.15) is 52.9 Å². The second-order valence-electron chi connectivity index (χ2n) is 9.44. The van der Waals surface area contributed by atoms with Gasteiger partial charge in [-0.2, -0.15) is 0 Å². The number of nitrogens with zero attached hydrogens (tertiary/aromatic N) is 2. The number of imidazole rings is 2. The average molecular weight is 378 g/mol. The number of benzene rings is 2. The van der Waals surface area contributed by atoms with Crippen LogP contribution >= 0.6 is 0 Å². The number of phenols is 2. The van der Waals surface area contributed by atoms with E-state index in [4.69, 9.17) is 0 Å². The second kappa shape index (κ2) is 5.74. The van der Waals surface area contributed by atoms with E-state index in [1.54, 1.807) is 12.1 Å². The zero-order chi connectivity index (χ0) is 20.4. The lowest BCUT2D eigenvalue weighted by molar-refractivity contribution is 0.436.